The summed E-state index contributed by atoms with van der Waals surface area (Å²) < 4.78 is 19.3. The number of hydrogen-bond acceptors (Lipinski definition) is 3. The zero-order valence-electron chi connectivity index (χ0n) is 11.4. The standard InChI is InChI=1S/C14H15BrFNO4/c1-21-8-14(13(19)20)4-5-17(7-14)12(18)10-6-9(15)2-3-11(10)16/h2-3,6H,4-5,7-8H2,1H3,(H,19,20). The zero-order chi connectivity index (χ0) is 15.6. The number of aliphatic carboxylic acids is 1. The van der Waals surface area contributed by atoms with Gasteiger partial charge in [-0.1, -0.05) is 15.9 Å². The predicted molar refractivity (Wildman–Crippen MR) is 76.6 cm³/mol. The maximum absolute atomic E-state index is 13.8. The second kappa shape index (κ2) is 6.11. The van der Waals surface area contributed by atoms with E-state index in [0.29, 0.717) is 4.47 Å². The van der Waals surface area contributed by atoms with Crippen molar-refractivity contribution in [2.75, 3.05) is 26.8 Å². The van der Waals surface area contributed by atoms with Gasteiger partial charge in [-0.15, -0.1) is 0 Å². The van der Waals surface area contributed by atoms with Crippen molar-refractivity contribution in [3.05, 3.63) is 34.1 Å². The molecule has 0 bridgehead atoms. The Labute approximate surface area is 129 Å². The summed E-state index contributed by atoms with van der Waals surface area (Å²) in [5, 5.41) is 9.36. The third-order valence-corrected chi connectivity index (χ3v) is 4.17. The molecule has 21 heavy (non-hydrogen) atoms. The van der Waals surface area contributed by atoms with E-state index in [1.165, 1.54) is 30.2 Å². The van der Waals surface area contributed by atoms with Crippen molar-refractivity contribution < 1.29 is 23.8 Å². The molecule has 5 nitrogen and oxygen atoms in total. The Bertz CT molecular complexity index is 580. The van der Waals surface area contributed by atoms with Crippen LogP contribution in [-0.4, -0.2) is 48.7 Å². The minimum absolute atomic E-state index is 0.0148. The van der Waals surface area contributed by atoms with Crippen LogP contribution in [0.2, 0.25) is 0 Å². The highest BCUT2D eigenvalue weighted by Gasteiger charge is 2.46. The third kappa shape index (κ3) is 3.08. The summed E-state index contributed by atoms with van der Waals surface area (Å²) in [6, 6.07) is 4.10. The number of amides is 1. The fourth-order valence-corrected chi connectivity index (χ4v) is 2.87. The molecule has 1 aliphatic heterocycles. The molecule has 1 saturated heterocycles. The van der Waals surface area contributed by atoms with Crippen LogP contribution in [-0.2, 0) is 9.53 Å². The Kier molecular flexibility index (Phi) is 4.63. The molecule has 1 atom stereocenters. The van der Waals surface area contributed by atoms with E-state index < -0.39 is 23.1 Å². The smallest absolute Gasteiger partial charge is 0.313 e. The van der Waals surface area contributed by atoms with Crippen molar-refractivity contribution in [1.82, 2.24) is 4.90 Å². The molecule has 1 unspecified atom stereocenters. The monoisotopic (exact) mass is 359 g/mol. The first kappa shape index (κ1) is 15.9. The van der Waals surface area contributed by atoms with Crippen LogP contribution in [0.15, 0.2) is 22.7 Å². The second-order valence-electron chi connectivity index (χ2n) is 5.12. The second-order valence-corrected chi connectivity index (χ2v) is 6.04. The molecule has 0 aliphatic carbocycles. The van der Waals surface area contributed by atoms with E-state index in [1.807, 2.05) is 0 Å². The van der Waals surface area contributed by atoms with E-state index in [4.69, 9.17) is 4.74 Å². The van der Waals surface area contributed by atoms with Crippen LogP contribution in [0.4, 0.5) is 4.39 Å². The normalized spacial score (nSPS) is 21.6. The van der Waals surface area contributed by atoms with E-state index in [9.17, 15) is 19.1 Å². The number of ether oxygens (including phenoxy) is 1. The quantitative estimate of drug-likeness (QED) is 0.894. The number of carbonyl (C=O) groups is 2. The fourth-order valence-electron chi connectivity index (χ4n) is 2.51. The Morgan fingerprint density at radius 2 is 2.24 bits per heavy atom. The van der Waals surface area contributed by atoms with Crippen LogP contribution >= 0.6 is 15.9 Å². The van der Waals surface area contributed by atoms with Gasteiger partial charge in [0.1, 0.15) is 11.2 Å². The number of rotatable bonds is 4. The largest absolute Gasteiger partial charge is 0.481 e. The minimum atomic E-state index is -1.12. The maximum atomic E-state index is 13.8. The number of carboxylic acids is 1. The lowest BCUT2D eigenvalue weighted by Gasteiger charge is -2.24. The summed E-state index contributed by atoms with van der Waals surface area (Å²) >= 11 is 3.19. The molecular weight excluding hydrogens is 345 g/mol. The van der Waals surface area contributed by atoms with Crippen LogP contribution in [0.25, 0.3) is 0 Å². The van der Waals surface area contributed by atoms with E-state index >= 15 is 0 Å². The lowest BCUT2D eigenvalue weighted by atomic mass is 9.88. The molecule has 1 aliphatic rings. The van der Waals surface area contributed by atoms with Crippen LogP contribution in [0.3, 0.4) is 0 Å². The van der Waals surface area contributed by atoms with Crippen LogP contribution < -0.4 is 0 Å². The van der Waals surface area contributed by atoms with Gasteiger partial charge in [-0.3, -0.25) is 9.59 Å². The molecule has 7 heteroatoms. The molecule has 1 N–H and O–H groups in total. The SMILES string of the molecule is COCC1(C(=O)O)CCN(C(=O)c2cc(Br)ccc2F)C1. The first-order valence-electron chi connectivity index (χ1n) is 6.36. The van der Waals surface area contributed by atoms with Gasteiger partial charge in [0, 0.05) is 24.7 Å². The Hall–Kier alpha value is -1.47. The molecule has 0 saturated carbocycles. The van der Waals surface area contributed by atoms with Crippen molar-refractivity contribution in [3.63, 3.8) is 0 Å². The van der Waals surface area contributed by atoms with Crippen LogP contribution in [0.5, 0.6) is 0 Å². The zero-order valence-corrected chi connectivity index (χ0v) is 13.0. The van der Waals surface area contributed by atoms with E-state index in [1.54, 1.807) is 0 Å². The summed E-state index contributed by atoms with van der Waals surface area (Å²) in [6.45, 7) is 0.300. The summed E-state index contributed by atoms with van der Waals surface area (Å²) in [5.74, 6) is -2.13. The van der Waals surface area contributed by atoms with Gasteiger partial charge in [0.05, 0.1) is 12.2 Å². The first-order valence-corrected chi connectivity index (χ1v) is 7.15. The Morgan fingerprint density at radius 1 is 1.52 bits per heavy atom. The average Bonchev–Trinajstić information content (AvgIpc) is 2.87. The molecule has 0 spiro atoms. The molecule has 1 aromatic rings. The number of methoxy groups -OCH3 is 1. The van der Waals surface area contributed by atoms with Crippen LogP contribution in [0, 0.1) is 11.2 Å². The molecule has 0 aromatic heterocycles. The lowest BCUT2D eigenvalue weighted by Crippen LogP contribution is -2.40. The number of carbonyl (C=O) groups excluding carboxylic acids is 1. The molecule has 2 rings (SSSR count). The summed E-state index contributed by atoms with van der Waals surface area (Å²) in [5.41, 5.74) is -1.18. The van der Waals surface area contributed by atoms with Gasteiger partial charge in [0.2, 0.25) is 0 Å². The number of benzene rings is 1. The number of halogens is 2. The molecule has 1 amide bonds. The van der Waals surface area contributed by atoms with Gasteiger partial charge in [-0.25, -0.2) is 4.39 Å². The van der Waals surface area contributed by atoms with Crippen LogP contribution in [0.1, 0.15) is 16.8 Å². The van der Waals surface area contributed by atoms with Gasteiger partial charge in [-0.05, 0) is 24.6 Å². The number of nitrogens with zero attached hydrogens (tertiary/aromatic N) is 1. The Balaban J connectivity index is 2.22. The van der Waals surface area contributed by atoms with Crippen molar-refractivity contribution in [1.29, 1.82) is 0 Å². The topological polar surface area (TPSA) is 66.8 Å². The Morgan fingerprint density at radius 3 is 2.86 bits per heavy atom. The lowest BCUT2D eigenvalue weighted by molar-refractivity contribution is -0.151. The number of hydrogen-bond donors (Lipinski definition) is 1. The maximum Gasteiger partial charge on any atom is 0.313 e. The highest BCUT2D eigenvalue weighted by Crippen LogP contribution is 2.32. The van der Waals surface area contributed by atoms with Crippen molar-refractivity contribution in [2.45, 2.75) is 6.42 Å². The summed E-state index contributed by atoms with van der Waals surface area (Å²) in [7, 11) is 1.42. The molecule has 1 fully saturated rings. The predicted octanol–water partition coefficient (Wildman–Crippen LogP) is 2.15. The van der Waals surface area contributed by atoms with E-state index in [2.05, 4.69) is 15.9 Å². The molecule has 0 radical (unpaired) electrons. The van der Waals surface area contributed by atoms with Crippen molar-refractivity contribution in [3.8, 4) is 0 Å². The summed E-state index contributed by atoms with van der Waals surface area (Å²) in [4.78, 5) is 25.2. The van der Waals surface area contributed by atoms with Gasteiger partial charge in [0.25, 0.3) is 5.91 Å². The molecule has 1 heterocycles. The van der Waals surface area contributed by atoms with Gasteiger partial charge >= 0.3 is 5.97 Å². The number of likely N-dealkylation sites (tertiary alicyclic amines) is 1. The third-order valence-electron chi connectivity index (χ3n) is 3.67. The van der Waals surface area contributed by atoms with Gasteiger partial charge in [0.15, 0.2) is 0 Å². The highest BCUT2D eigenvalue weighted by atomic mass is 79.9. The first-order chi connectivity index (χ1) is 9.89. The minimum Gasteiger partial charge on any atom is -0.481 e. The van der Waals surface area contributed by atoms with Gasteiger partial charge in [-0.2, -0.15) is 0 Å². The molecule has 1 aromatic carbocycles. The summed E-state index contributed by atoms with van der Waals surface area (Å²) in [6.07, 6.45) is 0.289. The van der Waals surface area contributed by atoms with Crippen molar-refractivity contribution >= 4 is 27.8 Å². The van der Waals surface area contributed by atoms with Gasteiger partial charge < -0.3 is 14.7 Å². The van der Waals surface area contributed by atoms with E-state index in [-0.39, 0.29) is 31.7 Å². The van der Waals surface area contributed by atoms with E-state index in [0.717, 1.165) is 0 Å². The highest BCUT2D eigenvalue weighted by molar-refractivity contribution is 9.10. The number of carboxylic acid groups (broad SMARTS) is 1. The average molecular weight is 360 g/mol. The molecule has 114 valence electrons. The van der Waals surface area contributed by atoms with Crippen molar-refractivity contribution in [2.24, 2.45) is 5.41 Å². The fraction of sp³-hybridized carbons (Fsp3) is 0.429. The molecular formula is C14H15BrFNO4.